The van der Waals surface area contributed by atoms with Crippen molar-refractivity contribution < 1.29 is 20.4 Å². The smallest absolute Gasteiger partial charge is 0.119 e. The van der Waals surface area contributed by atoms with Crippen LogP contribution in [0.2, 0.25) is 0 Å². The first-order chi connectivity index (χ1) is 5.13. The quantitative estimate of drug-likeness (QED) is 0.172. The van der Waals surface area contributed by atoms with Crippen molar-refractivity contribution in [2.75, 3.05) is 6.61 Å². The van der Waals surface area contributed by atoms with Gasteiger partial charge in [0.2, 0.25) is 0 Å². The van der Waals surface area contributed by atoms with Crippen LogP contribution in [-0.4, -0.2) is 51.6 Å². The van der Waals surface area contributed by atoms with Crippen LogP contribution in [0.5, 0.6) is 0 Å². The van der Waals surface area contributed by atoms with Gasteiger partial charge in [-0.1, -0.05) is 0 Å². The Labute approximate surface area is 63.6 Å². The number of hydrazone groups is 1. The second-order valence-electron chi connectivity index (χ2n) is 2.03. The molecule has 6 heteroatoms. The first kappa shape index (κ1) is 10.3. The van der Waals surface area contributed by atoms with Crippen LogP contribution in [0.15, 0.2) is 5.10 Å². The largest absolute Gasteiger partial charge is 0.394 e. The van der Waals surface area contributed by atoms with Crippen molar-refractivity contribution in [2.45, 2.75) is 18.3 Å². The average Bonchev–Trinajstić information content (AvgIpc) is 2.02. The summed E-state index contributed by atoms with van der Waals surface area (Å²) in [6.07, 6.45) is -3.35. The highest BCUT2D eigenvalue weighted by Gasteiger charge is 2.22. The van der Waals surface area contributed by atoms with Gasteiger partial charge in [0.1, 0.15) is 18.3 Å². The molecule has 0 radical (unpaired) electrons. The zero-order chi connectivity index (χ0) is 8.85. The third-order valence-electron chi connectivity index (χ3n) is 1.17. The monoisotopic (exact) mass is 164 g/mol. The molecule has 0 spiro atoms. The Kier molecular flexibility index (Phi) is 4.71. The summed E-state index contributed by atoms with van der Waals surface area (Å²) in [7, 11) is 0. The number of rotatable bonds is 4. The molecule has 0 aliphatic carbocycles. The summed E-state index contributed by atoms with van der Waals surface area (Å²) >= 11 is 0. The van der Waals surface area contributed by atoms with Gasteiger partial charge in [0.15, 0.2) is 0 Å². The van der Waals surface area contributed by atoms with Crippen LogP contribution < -0.4 is 5.84 Å². The molecule has 0 aromatic rings. The van der Waals surface area contributed by atoms with Gasteiger partial charge >= 0.3 is 0 Å². The maximum atomic E-state index is 8.91. The van der Waals surface area contributed by atoms with Gasteiger partial charge in [-0.2, -0.15) is 5.10 Å². The Morgan fingerprint density at radius 2 is 1.91 bits per heavy atom. The van der Waals surface area contributed by atoms with Crippen molar-refractivity contribution in [3.05, 3.63) is 0 Å². The molecule has 0 saturated carbocycles. The number of aliphatic hydroxyl groups is 4. The van der Waals surface area contributed by atoms with Crippen LogP contribution >= 0.6 is 0 Å². The highest BCUT2D eigenvalue weighted by atomic mass is 16.4. The van der Waals surface area contributed by atoms with Crippen LogP contribution in [-0.2, 0) is 0 Å². The molecule has 6 nitrogen and oxygen atoms in total. The van der Waals surface area contributed by atoms with E-state index in [0.29, 0.717) is 0 Å². The minimum Gasteiger partial charge on any atom is -0.394 e. The molecular weight excluding hydrogens is 152 g/mol. The summed E-state index contributed by atoms with van der Waals surface area (Å²) in [5, 5.41) is 37.8. The van der Waals surface area contributed by atoms with Crippen molar-refractivity contribution in [1.29, 1.82) is 0 Å². The summed E-state index contributed by atoms with van der Waals surface area (Å²) in [5.41, 5.74) is 0. The van der Waals surface area contributed by atoms with Crippen molar-refractivity contribution in [3.8, 4) is 0 Å². The molecule has 0 bridgehead atoms. The van der Waals surface area contributed by atoms with Gasteiger partial charge in [0.25, 0.3) is 0 Å². The Hall–Kier alpha value is -0.690. The fraction of sp³-hybridized carbons (Fsp3) is 0.800. The molecule has 66 valence electrons. The molecule has 0 aliphatic rings. The van der Waals surface area contributed by atoms with Gasteiger partial charge < -0.3 is 26.3 Å². The van der Waals surface area contributed by atoms with Crippen LogP contribution in [0.1, 0.15) is 0 Å². The van der Waals surface area contributed by atoms with Crippen molar-refractivity contribution in [1.82, 2.24) is 0 Å². The third kappa shape index (κ3) is 3.28. The van der Waals surface area contributed by atoms with Crippen molar-refractivity contribution in [2.24, 2.45) is 10.9 Å². The lowest BCUT2D eigenvalue weighted by atomic mass is 10.1. The van der Waals surface area contributed by atoms with Crippen molar-refractivity contribution >= 4 is 6.21 Å². The molecule has 0 unspecified atom stereocenters. The van der Waals surface area contributed by atoms with Crippen molar-refractivity contribution in [3.63, 3.8) is 0 Å². The normalized spacial score (nSPS) is 20.0. The lowest BCUT2D eigenvalue weighted by molar-refractivity contribution is -0.0541. The topological polar surface area (TPSA) is 119 Å². The van der Waals surface area contributed by atoms with E-state index in [1.807, 2.05) is 0 Å². The van der Waals surface area contributed by atoms with Crippen LogP contribution in [0, 0.1) is 0 Å². The Morgan fingerprint density at radius 3 is 2.27 bits per heavy atom. The zero-order valence-corrected chi connectivity index (χ0v) is 5.83. The molecule has 0 rings (SSSR count). The minimum absolute atomic E-state index is 0.628. The number of hydrogen-bond acceptors (Lipinski definition) is 6. The summed E-state index contributed by atoms with van der Waals surface area (Å²) in [4.78, 5) is 0. The number of nitrogens with zero attached hydrogens (tertiary/aromatic N) is 1. The Balaban J connectivity index is 3.90. The highest BCUT2D eigenvalue weighted by Crippen LogP contribution is 1.96. The third-order valence-corrected chi connectivity index (χ3v) is 1.17. The molecule has 0 saturated heterocycles. The predicted molar refractivity (Wildman–Crippen MR) is 37.8 cm³/mol. The van der Waals surface area contributed by atoms with Gasteiger partial charge in [0.05, 0.1) is 12.8 Å². The SMILES string of the molecule is NN=C[C@H](O)[C@@H](O)[C@H](O)CO. The van der Waals surface area contributed by atoms with Crippen LogP contribution in [0.3, 0.4) is 0 Å². The lowest BCUT2D eigenvalue weighted by Gasteiger charge is -2.17. The first-order valence-corrected chi connectivity index (χ1v) is 3.02. The molecule has 0 aliphatic heterocycles. The Morgan fingerprint density at radius 1 is 1.36 bits per heavy atom. The highest BCUT2D eigenvalue weighted by molar-refractivity contribution is 5.63. The van der Waals surface area contributed by atoms with E-state index in [0.717, 1.165) is 6.21 Å². The second kappa shape index (κ2) is 5.03. The van der Waals surface area contributed by atoms with E-state index in [2.05, 4.69) is 10.9 Å². The Bertz CT molecular complexity index is 130. The average molecular weight is 164 g/mol. The van der Waals surface area contributed by atoms with Gasteiger partial charge in [-0.25, -0.2) is 0 Å². The molecule has 11 heavy (non-hydrogen) atoms. The molecule has 0 fully saturated rings. The minimum atomic E-state index is -1.47. The number of hydrogen-bond donors (Lipinski definition) is 5. The van der Waals surface area contributed by atoms with Gasteiger partial charge in [-0.3, -0.25) is 0 Å². The second-order valence-corrected chi connectivity index (χ2v) is 2.03. The fourth-order valence-corrected chi connectivity index (χ4v) is 0.512. The maximum Gasteiger partial charge on any atom is 0.119 e. The molecular formula is C5H12N2O4. The standard InChI is InChI=1S/C5H12N2O4/c6-7-1-3(9)5(11)4(10)2-8/h1,3-5,8-11H,2,6H2/t3-,4+,5+/m0/s1. The molecule has 0 amide bonds. The zero-order valence-electron chi connectivity index (χ0n) is 5.83. The van der Waals surface area contributed by atoms with Gasteiger partial charge in [0, 0.05) is 0 Å². The summed E-state index contributed by atoms with van der Waals surface area (Å²) in [6, 6.07) is 0. The fourth-order valence-electron chi connectivity index (χ4n) is 0.512. The van der Waals surface area contributed by atoms with E-state index in [1.165, 1.54) is 0 Å². The summed E-state index contributed by atoms with van der Waals surface area (Å²) in [6.45, 7) is -0.628. The molecule has 0 heterocycles. The van der Waals surface area contributed by atoms with Gasteiger partial charge in [-0.15, -0.1) is 0 Å². The van der Waals surface area contributed by atoms with E-state index in [1.54, 1.807) is 0 Å². The van der Waals surface area contributed by atoms with E-state index < -0.39 is 24.9 Å². The molecule has 0 aromatic carbocycles. The first-order valence-electron chi connectivity index (χ1n) is 3.02. The van der Waals surface area contributed by atoms with E-state index >= 15 is 0 Å². The summed E-state index contributed by atoms with van der Waals surface area (Å²) < 4.78 is 0. The number of nitrogens with two attached hydrogens (primary N) is 1. The molecule has 3 atom stereocenters. The molecule has 6 N–H and O–H groups in total. The van der Waals surface area contributed by atoms with Crippen LogP contribution in [0.25, 0.3) is 0 Å². The van der Waals surface area contributed by atoms with Crippen LogP contribution in [0.4, 0.5) is 0 Å². The molecule has 0 aromatic heterocycles. The van der Waals surface area contributed by atoms with E-state index in [-0.39, 0.29) is 0 Å². The van der Waals surface area contributed by atoms with E-state index in [9.17, 15) is 0 Å². The lowest BCUT2D eigenvalue weighted by Crippen LogP contribution is -2.40. The number of aliphatic hydroxyl groups excluding tert-OH is 4. The predicted octanol–water partition coefficient (Wildman–Crippen LogP) is -2.99. The maximum absolute atomic E-state index is 8.91. The van der Waals surface area contributed by atoms with E-state index in [4.69, 9.17) is 20.4 Å². The summed E-state index contributed by atoms with van der Waals surface area (Å²) in [5.74, 6) is 4.66. The van der Waals surface area contributed by atoms with Gasteiger partial charge in [-0.05, 0) is 0 Å².